The van der Waals surface area contributed by atoms with Crippen LogP contribution in [0.4, 0.5) is 5.69 Å². The molecule has 2 aromatic heterocycles. The number of fused-ring (bicyclic) bond motifs is 1. The van der Waals surface area contributed by atoms with E-state index in [-0.39, 0.29) is 5.92 Å². The third-order valence-corrected chi connectivity index (χ3v) is 6.23. The first-order chi connectivity index (χ1) is 14.8. The molecule has 0 spiro atoms. The van der Waals surface area contributed by atoms with E-state index in [0.717, 1.165) is 71.0 Å². The van der Waals surface area contributed by atoms with E-state index >= 15 is 0 Å². The molecule has 0 bridgehead atoms. The largest absolute Gasteiger partial charge is 0.378 e. The van der Waals surface area contributed by atoms with Crippen LogP contribution in [0.5, 0.6) is 0 Å². The molecule has 0 amide bonds. The van der Waals surface area contributed by atoms with E-state index in [4.69, 9.17) is 4.74 Å². The Morgan fingerprint density at radius 1 is 1.07 bits per heavy atom. The summed E-state index contributed by atoms with van der Waals surface area (Å²) in [5.41, 5.74) is 4.78. The van der Waals surface area contributed by atoms with E-state index in [0.29, 0.717) is 0 Å². The molecule has 4 aromatic rings. The van der Waals surface area contributed by atoms with Gasteiger partial charge in [-0.25, -0.2) is 15.0 Å². The Kier molecular flexibility index (Phi) is 5.21. The van der Waals surface area contributed by atoms with E-state index in [2.05, 4.69) is 38.1 Å². The van der Waals surface area contributed by atoms with Gasteiger partial charge in [-0.2, -0.15) is 0 Å². The first-order valence-corrected chi connectivity index (χ1v) is 10.7. The zero-order chi connectivity index (χ0) is 20.3. The molecular formula is C23H20N4O2S. The van der Waals surface area contributed by atoms with E-state index < -0.39 is 0 Å². The molecule has 30 heavy (non-hydrogen) atoms. The van der Waals surface area contributed by atoms with Gasteiger partial charge in [-0.15, -0.1) is 11.3 Å². The zero-order valence-corrected chi connectivity index (χ0v) is 17.1. The van der Waals surface area contributed by atoms with Crippen LogP contribution in [0.15, 0.2) is 60.4 Å². The van der Waals surface area contributed by atoms with Crippen LogP contribution in [0, 0.1) is 0 Å². The van der Waals surface area contributed by atoms with Crippen molar-refractivity contribution in [3.63, 3.8) is 0 Å². The van der Waals surface area contributed by atoms with Gasteiger partial charge >= 0.3 is 0 Å². The summed E-state index contributed by atoms with van der Waals surface area (Å²) < 4.78 is 5.46. The van der Waals surface area contributed by atoms with Gasteiger partial charge < -0.3 is 14.4 Å². The van der Waals surface area contributed by atoms with Gasteiger partial charge in [0.05, 0.1) is 30.3 Å². The average Bonchev–Trinajstić information content (AvgIpc) is 3.34. The van der Waals surface area contributed by atoms with Gasteiger partial charge in [-0.1, -0.05) is 18.2 Å². The molecule has 1 aliphatic heterocycles. The van der Waals surface area contributed by atoms with Crippen LogP contribution in [0.2, 0.25) is 0 Å². The number of aromatic nitrogens is 3. The van der Waals surface area contributed by atoms with E-state index in [1.54, 1.807) is 12.5 Å². The molecule has 2 aromatic carbocycles. The molecule has 0 N–H and O–H groups in total. The van der Waals surface area contributed by atoms with Gasteiger partial charge in [-0.3, -0.25) is 0 Å². The SMILES string of the molecule is O=CC(c1cccc(-c2ncnc3cc(N4CCOCC4)ccc23)c1)c1nccs1. The van der Waals surface area contributed by atoms with Crippen molar-refractivity contribution in [2.24, 2.45) is 0 Å². The fraction of sp³-hybridized carbons (Fsp3) is 0.217. The molecule has 6 nitrogen and oxygen atoms in total. The number of benzene rings is 2. The Morgan fingerprint density at radius 3 is 2.77 bits per heavy atom. The predicted molar refractivity (Wildman–Crippen MR) is 118 cm³/mol. The monoisotopic (exact) mass is 416 g/mol. The summed E-state index contributed by atoms with van der Waals surface area (Å²) >= 11 is 1.49. The fourth-order valence-electron chi connectivity index (χ4n) is 3.84. The van der Waals surface area contributed by atoms with Crippen molar-refractivity contribution in [3.05, 3.63) is 70.9 Å². The lowest BCUT2D eigenvalue weighted by Gasteiger charge is -2.29. The molecule has 1 aliphatic rings. The smallest absolute Gasteiger partial charge is 0.134 e. The predicted octanol–water partition coefficient (Wildman–Crippen LogP) is 3.92. The maximum Gasteiger partial charge on any atom is 0.134 e. The number of hydrogen-bond acceptors (Lipinski definition) is 7. The van der Waals surface area contributed by atoms with Crippen molar-refractivity contribution in [3.8, 4) is 11.3 Å². The van der Waals surface area contributed by atoms with Gasteiger partial charge in [0.1, 0.15) is 17.6 Å². The Morgan fingerprint density at radius 2 is 1.97 bits per heavy atom. The number of ether oxygens (including phenoxy) is 1. The van der Waals surface area contributed by atoms with Crippen LogP contribution in [0.25, 0.3) is 22.2 Å². The minimum atomic E-state index is -0.369. The zero-order valence-electron chi connectivity index (χ0n) is 16.3. The van der Waals surface area contributed by atoms with Gasteiger partial charge in [0.15, 0.2) is 0 Å². The average molecular weight is 417 g/mol. The van der Waals surface area contributed by atoms with Gasteiger partial charge in [0.25, 0.3) is 0 Å². The topological polar surface area (TPSA) is 68.2 Å². The van der Waals surface area contributed by atoms with Gasteiger partial charge in [0, 0.05) is 41.3 Å². The number of carbonyl (C=O) groups excluding carboxylic acids is 1. The molecule has 1 unspecified atom stereocenters. The van der Waals surface area contributed by atoms with Crippen LogP contribution in [0.1, 0.15) is 16.5 Å². The van der Waals surface area contributed by atoms with Crippen molar-refractivity contribution in [1.29, 1.82) is 0 Å². The standard InChI is InChI=1S/C23H20N4O2S/c28-14-20(23-24-6-11-30-23)16-2-1-3-17(12-16)22-19-5-4-18(13-21(19)25-15-26-22)27-7-9-29-10-8-27/h1-6,11-15,20H,7-10H2. The third kappa shape index (κ3) is 3.58. The highest BCUT2D eigenvalue weighted by Crippen LogP contribution is 2.32. The molecule has 1 fully saturated rings. The number of anilines is 1. The molecule has 5 rings (SSSR count). The number of rotatable bonds is 5. The minimum absolute atomic E-state index is 0.369. The second kappa shape index (κ2) is 8.30. The summed E-state index contributed by atoms with van der Waals surface area (Å²) in [7, 11) is 0. The summed E-state index contributed by atoms with van der Waals surface area (Å²) in [6.45, 7) is 3.26. The van der Waals surface area contributed by atoms with Crippen molar-refractivity contribution in [2.45, 2.75) is 5.92 Å². The molecule has 0 saturated carbocycles. The Hall–Kier alpha value is -3.16. The van der Waals surface area contributed by atoms with Gasteiger partial charge in [-0.05, 0) is 29.8 Å². The first kappa shape index (κ1) is 18.8. The molecule has 0 aliphatic carbocycles. The van der Waals surface area contributed by atoms with Crippen molar-refractivity contribution in [1.82, 2.24) is 15.0 Å². The summed E-state index contributed by atoms with van der Waals surface area (Å²) in [6.07, 6.45) is 4.28. The maximum atomic E-state index is 11.8. The number of carbonyl (C=O) groups is 1. The second-order valence-corrected chi connectivity index (χ2v) is 8.06. The molecule has 0 radical (unpaired) electrons. The van der Waals surface area contributed by atoms with Gasteiger partial charge in [0.2, 0.25) is 0 Å². The summed E-state index contributed by atoms with van der Waals surface area (Å²) in [5, 5.41) is 3.67. The highest BCUT2D eigenvalue weighted by atomic mass is 32.1. The number of morpholine rings is 1. The Balaban J connectivity index is 1.54. The van der Waals surface area contributed by atoms with Crippen LogP contribution in [-0.2, 0) is 9.53 Å². The number of nitrogens with zero attached hydrogens (tertiary/aromatic N) is 4. The molecule has 1 atom stereocenters. The Bertz CT molecular complexity index is 1170. The first-order valence-electron chi connectivity index (χ1n) is 9.86. The lowest BCUT2D eigenvalue weighted by Crippen LogP contribution is -2.36. The number of hydrogen-bond donors (Lipinski definition) is 0. The Labute approximate surface area is 178 Å². The molecule has 150 valence electrons. The minimum Gasteiger partial charge on any atom is -0.378 e. The van der Waals surface area contributed by atoms with Crippen LogP contribution in [0.3, 0.4) is 0 Å². The van der Waals surface area contributed by atoms with E-state index in [1.165, 1.54) is 11.3 Å². The number of thiazole rings is 1. The van der Waals surface area contributed by atoms with Crippen LogP contribution >= 0.6 is 11.3 Å². The molecule has 3 heterocycles. The van der Waals surface area contributed by atoms with Crippen molar-refractivity contribution in [2.75, 3.05) is 31.2 Å². The summed E-state index contributed by atoms with van der Waals surface area (Å²) in [6, 6.07) is 14.3. The quantitative estimate of drug-likeness (QED) is 0.460. The maximum absolute atomic E-state index is 11.8. The molecule has 1 saturated heterocycles. The van der Waals surface area contributed by atoms with Crippen LogP contribution < -0.4 is 4.90 Å². The summed E-state index contributed by atoms with van der Waals surface area (Å²) in [5.74, 6) is -0.369. The lowest BCUT2D eigenvalue weighted by atomic mass is 9.97. The van der Waals surface area contributed by atoms with E-state index in [9.17, 15) is 4.79 Å². The molecular weight excluding hydrogens is 396 g/mol. The fourth-order valence-corrected chi connectivity index (χ4v) is 4.56. The van der Waals surface area contributed by atoms with Crippen LogP contribution in [-0.4, -0.2) is 47.5 Å². The van der Waals surface area contributed by atoms with Crippen molar-refractivity contribution < 1.29 is 9.53 Å². The summed E-state index contributed by atoms with van der Waals surface area (Å²) in [4.78, 5) is 27.5. The lowest BCUT2D eigenvalue weighted by molar-refractivity contribution is -0.108. The number of aldehydes is 1. The second-order valence-electron chi connectivity index (χ2n) is 7.13. The van der Waals surface area contributed by atoms with Crippen molar-refractivity contribution >= 4 is 34.2 Å². The van der Waals surface area contributed by atoms with E-state index in [1.807, 2.05) is 29.6 Å². The molecule has 7 heteroatoms. The third-order valence-electron chi connectivity index (χ3n) is 5.37. The highest BCUT2D eigenvalue weighted by Gasteiger charge is 2.18. The highest BCUT2D eigenvalue weighted by molar-refractivity contribution is 7.09. The normalized spacial score (nSPS) is 15.3.